The summed E-state index contributed by atoms with van der Waals surface area (Å²) < 4.78 is 19.6. The number of para-hydroxylation sites is 1. The number of benzene rings is 2. The van der Waals surface area contributed by atoms with Gasteiger partial charge < -0.3 is 19.7 Å². The molecular weight excluding hydrogens is 415 g/mol. The van der Waals surface area contributed by atoms with E-state index in [9.17, 15) is 19.5 Å². The van der Waals surface area contributed by atoms with Crippen LogP contribution in [0.5, 0.6) is 0 Å². The molecule has 32 heavy (non-hydrogen) atoms. The number of rotatable bonds is 6. The summed E-state index contributed by atoms with van der Waals surface area (Å²) in [4.78, 5) is 41.3. The molecule has 0 bridgehead atoms. The summed E-state index contributed by atoms with van der Waals surface area (Å²) in [5.41, 5.74) is 1.74. The number of nitrogens with one attached hydrogen (secondary N) is 1. The van der Waals surface area contributed by atoms with Crippen LogP contribution < -0.4 is 0 Å². The van der Waals surface area contributed by atoms with Gasteiger partial charge in [-0.1, -0.05) is 24.3 Å². The summed E-state index contributed by atoms with van der Waals surface area (Å²) in [5.74, 6) is -3.45. The maximum atomic E-state index is 15.0. The van der Waals surface area contributed by atoms with Crippen molar-refractivity contribution in [2.45, 2.75) is 19.4 Å². The molecule has 0 radical (unpaired) electrons. The van der Waals surface area contributed by atoms with Crippen molar-refractivity contribution in [3.63, 3.8) is 0 Å². The molecule has 8 heteroatoms. The minimum Gasteiger partial charge on any atom is -0.503 e. The molecule has 1 unspecified atom stereocenters. The van der Waals surface area contributed by atoms with Crippen LogP contribution in [0.25, 0.3) is 10.9 Å². The molecule has 2 N–H and O–H groups in total. The molecule has 0 aliphatic carbocycles. The highest BCUT2D eigenvalue weighted by atomic mass is 19.1. The molecule has 1 aliphatic rings. The summed E-state index contributed by atoms with van der Waals surface area (Å²) in [6.45, 7) is 1.36. The Hall–Kier alpha value is -3.94. The monoisotopic (exact) mass is 436 g/mol. The van der Waals surface area contributed by atoms with Crippen LogP contribution in [0, 0.1) is 5.82 Å². The van der Waals surface area contributed by atoms with Crippen LogP contribution in [-0.4, -0.2) is 46.3 Å². The number of carbonyl (C=O) groups excluding carboxylic acids is 3. The van der Waals surface area contributed by atoms with E-state index in [-0.39, 0.29) is 23.2 Å². The number of aromatic amines is 1. The number of ketones is 1. The second kappa shape index (κ2) is 8.30. The Bertz CT molecular complexity index is 1280. The molecule has 0 fully saturated rings. The van der Waals surface area contributed by atoms with Crippen LogP contribution >= 0.6 is 0 Å². The van der Waals surface area contributed by atoms with Crippen molar-refractivity contribution < 1.29 is 28.6 Å². The fourth-order valence-corrected chi connectivity index (χ4v) is 4.14. The molecule has 1 aliphatic heterocycles. The largest absolute Gasteiger partial charge is 0.503 e. The van der Waals surface area contributed by atoms with E-state index < -0.39 is 35.3 Å². The van der Waals surface area contributed by atoms with Crippen LogP contribution in [0.4, 0.5) is 4.39 Å². The highest BCUT2D eigenvalue weighted by Gasteiger charge is 2.43. The second-order valence-electron chi connectivity index (χ2n) is 7.56. The lowest BCUT2D eigenvalue weighted by Crippen LogP contribution is -2.33. The first-order valence-electron chi connectivity index (χ1n) is 10.0. The zero-order valence-corrected chi connectivity index (χ0v) is 17.5. The topological polar surface area (TPSA) is 99.7 Å². The van der Waals surface area contributed by atoms with Gasteiger partial charge in [-0.15, -0.1) is 0 Å². The minimum absolute atomic E-state index is 0.000919. The SMILES string of the molecule is COC(=O)c1ccc(C2C(C(C)=O)=C(O)C(=O)N2CCc2c[nH]c3ccccc23)c(F)c1. The first kappa shape index (κ1) is 21.3. The highest BCUT2D eigenvalue weighted by Crippen LogP contribution is 2.39. The Morgan fingerprint density at radius 1 is 1.22 bits per heavy atom. The number of aromatic nitrogens is 1. The van der Waals surface area contributed by atoms with Crippen molar-refractivity contribution in [1.29, 1.82) is 0 Å². The molecule has 3 aromatic rings. The van der Waals surface area contributed by atoms with Gasteiger partial charge in [0.25, 0.3) is 5.91 Å². The number of ether oxygens (including phenoxy) is 1. The third kappa shape index (κ3) is 3.53. The molecule has 1 aromatic heterocycles. The zero-order chi connectivity index (χ0) is 23.0. The van der Waals surface area contributed by atoms with Crippen molar-refractivity contribution in [2.75, 3.05) is 13.7 Å². The average Bonchev–Trinajstić information content (AvgIpc) is 3.30. The van der Waals surface area contributed by atoms with Crippen molar-refractivity contribution in [1.82, 2.24) is 9.88 Å². The van der Waals surface area contributed by atoms with Crippen molar-refractivity contribution >= 4 is 28.6 Å². The van der Waals surface area contributed by atoms with E-state index in [1.54, 1.807) is 0 Å². The highest BCUT2D eigenvalue weighted by molar-refractivity contribution is 6.08. The quantitative estimate of drug-likeness (QED) is 0.575. The van der Waals surface area contributed by atoms with Crippen LogP contribution in [0.2, 0.25) is 0 Å². The number of H-pyrrole nitrogens is 1. The second-order valence-corrected chi connectivity index (χ2v) is 7.56. The van der Waals surface area contributed by atoms with Gasteiger partial charge in [0.05, 0.1) is 24.3 Å². The molecule has 2 heterocycles. The Kier molecular flexibility index (Phi) is 5.52. The predicted octanol–water partition coefficient (Wildman–Crippen LogP) is 3.62. The van der Waals surface area contributed by atoms with Gasteiger partial charge in [0.2, 0.25) is 0 Å². The van der Waals surface area contributed by atoms with Crippen molar-refractivity contribution in [3.05, 3.63) is 82.5 Å². The van der Waals surface area contributed by atoms with Crippen molar-refractivity contribution in [3.8, 4) is 0 Å². The number of fused-ring (bicyclic) bond motifs is 1. The van der Waals surface area contributed by atoms with E-state index in [1.165, 1.54) is 31.1 Å². The van der Waals surface area contributed by atoms with Gasteiger partial charge in [-0.3, -0.25) is 9.59 Å². The number of esters is 1. The van der Waals surface area contributed by atoms with Gasteiger partial charge in [0.15, 0.2) is 11.5 Å². The average molecular weight is 436 g/mol. The van der Waals surface area contributed by atoms with Gasteiger partial charge in [0.1, 0.15) is 5.82 Å². The van der Waals surface area contributed by atoms with Gasteiger partial charge in [-0.2, -0.15) is 0 Å². The molecular formula is C24H21FN2O5. The maximum absolute atomic E-state index is 15.0. The lowest BCUT2D eigenvalue weighted by atomic mass is 9.95. The van der Waals surface area contributed by atoms with E-state index >= 15 is 4.39 Å². The Morgan fingerprint density at radius 2 is 1.97 bits per heavy atom. The third-order valence-electron chi connectivity index (χ3n) is 5.70. The van der Waals surface area contributed by atoms with Crippen LogP contribution in [0.3, 0.4) is 0 Å². The molecule has 0 saturated carbocycles. The zero-order valence-electron chi connectivity index (χ0n) is 17.5. The van der Waals surface area contributed by atoms with Gasteiger partial charge in [-0.05, 0) is 37.1 Å². The number of methoxy groups -OCH3 is 1. The van der Waals surface area contributed by atoms with E-state index in [2.05, 4.69) is 9.72 Å². The lowest BCUT2D eigenvalue weighted by molar-refractivity contribution is -0.129. The molecule has 0 saturated heterocycles. The Morgan fingerprint density at radius 3 is 2.66 bits per heavy atom. The summed E-state index contributed by atoms with van der Waals surface area (Å²) in [7, 11) is 1.19. The normalized spacial score (nSPS) is 16.2. The first-order chi connectivity index (χ1) is 15.3. The molecule has 4 rings (SSSR count). The van der Waals surface area contributed by atoms with Crippen LogP contribution in [-0.2, 0) is 20.7 Å². The molecule has 0 spiro atoms. The van der Waals surface area contributed by atoms with E-state index in [4.69, 9.17) is 0 Å². The summed E-state index contributed by atoms with van der Waals surface area (Å²) in [6, 6.07) is 10.3. The summed E-state index contributed by atoms with van der Waals surface area (Å²) in [5, 5.41) is 11.4. The molecule has 2 aromatic carbocycles. The lowest BCUT2D eigenvalue weighted by Gasteiger charge is -2.27. The van der Waals surface area contributed by atoms with Crippen molar-refractivity contribution in [2.24, 2.45) is 0 Å². The van der Waals surface area contributed by atoms with Gasteiger partial charge >= 0.3 is 5.97 Å². The molecule has 164 valence electrons. The minimum atomic E-state index is -1.10. The third-order valence-corrected chi connectivity index (χ3v) is 5.70. The maximum Gasteiger partial charge on any atom is 0.337 e. The Balaban J connectivity index is 1.70. The van der Waals surface area contributed by atoms with Crippen LogP contribution in [0.15, 0.2) is 60.0 Å². The van der Waals surface area contributed by atoms with E-state index in [1.807, 2.05) is 30.5 Å². The fourth-order valence-electron chi connectivity index (χ4n) is 4.14. The molecule has 7 nitrogen and oxygen atoms in total. The fraction of sp³-hybridized carbons (Fsp3) is 0.208. The number of aliphatic hydroxyl groups excluding tert-OH is 1. The molecule has 1 amide bonds. The first-order valence-corrected chi connectivity index (χ1v) is 10.0. The number of carbonyl (C=O) groups is 3. The predicted molar refractivity (Wildman–Crippen MR) is 115 cm³/mol. The number of halogens is 1. The summed E-state index contributed by atoms with van der Waals surface area (Å²) in [6.07, 6.45) is 2.26. The van der Waals surface area contributed by atoms with E-state index in [0.717, 1.165) is 22.5 Å². The Labute approximate surface area is 183 Å². The number of hydrogen-bond donors (Lipinski definition) is 2. The molecule has 1 atom stereocenters. The van der Waals surface area contributed by atoms with E-state index in [0.29, 0.717) is 6.42 Å². The number of aliphatic hydroxyl groups is 1. The summed E-state index contributed by atoms with van der Waals surface area (Å²) >= 11 is 0. The smallest absolute Gasteiger partial charge is 0.337 e. The number of nitrogens with zero attached hydrogens (tertiary/aromatic N) is 1. The van der Waals surface area contributed by atoms with Gasteiger partial charge in [0, 0.05) is 29.2 Å². The van der Waals surface area contributed by atoms with Crippen LogP contribution in [0.1, 0.15) is 34.5 Å². The number of amides is 1. The van der Waals surface area contributed by atoms with Gasteiger partial charge in [-0.25, -0.2) is 9.18 Å². The number of Topliss-reactive ketones (excluding diaryl/α,β-unsaturated/α-hetero) is 1. The number of hydrogen-bond acceptors (Lipinski definition) is 5. The standard InChI is InChI=1S/C24H21FN2O5/c1-13(28)20-21(17-8-7-14(11-18(17)25)24(31)32-2)27(23(30)22(20)29)10-9-15-12-26-19-6-4-3-5-16(15)19/h3-8,11-12,21,26,29H,9-10H2,1-2H3.